The monoisotopic (exact) mass is 426 g/mol. The molecule has 0 fully saturated rings. The predicted octanol–water partition coefficient (Wildman–Crippen LogP) is 4.63. The highest BCUT2D eigenvalue weighted by molar-refractivity contribution is 5.95. The number of aromatic nitrogens is 3. The van der Waals surface area contributed by atoms with Gasteiger partial charge in [-0.1, -0.05) is 0 Å². The van der Waals surface area contributed by atoms with Crippen molar-refractivity contribution in [2.45, 2.75) is 6.54 Å². The van der Waals surface area contributed by atoms with Crippen LogP contribution in [0, 0.1) is 23.3 Å². The van der Waals surface area contributed by atoms with Crippen LogP contribution in [0.25, 0.3) is 22.4 Å². The van der Waals surface area contributed by atoms with Gasteiger partial charge in [0.05, 0.1) is 12.2 Å². The van der Waals surface area contributed by atoms with E-state index in [2.05, 4.69) is 20.5 Å². The zero-order valence-electron chi connectivity index (χ0n) is 15.8. The molecule has 2 heterocycles. The van der Waals surface area contributed by atoms with Gasteiger partial charge in [0.15, 0.2) is 0 Å². The minimum absolute atomic E-state index is 0.152. The Morgan fingerprint density at radius 1 is 0.871 bits per heavy atom. The molecule has 31 heavy (non-hydrogen) atoms. The van der Waals surface area contributed by atoms with E-state index >= 15 is 0 Å². The average Bonchev–Trinajstić information content (AvgIpc) is 3.16. The van der Waals surface area contributed by atoms with Crippen molar-refractivity contribution >= 4 is 5.91 Å². The maximum atomic E-state index is 13.9. The second kappa shape index (κ2) is 8.39. The molecule has 4 rings (SSSR count). The van der Waals surface area contributed by atoms with Gasteiger partial charge in [0.25, 0.3) is 5.91 Å². The molecule has 2 aromatic heterocycles. The molecule has 0 aliphatic heterocycles. The first-order valence-corrected chi connectivity index (χ1v) is 9.10. The Morgan fingerprint density at radius 2 is 1.52 bits per heavy atom. The molecule has 2 N–H and O–H groups in total. The number of pyridine rings is 1. The van der Waals surface area contributed by atoms with Gasteiger partial charge in [-0.25, -0.2) is 17.6 Å². The summed E-state index contributed by atoms with van der Waals surface area (Å²) in [6.07, 6.45) is 3.14. The SMILES string of the molecule is O=C(NCc1[nH]nc(-c2ccc(F)cc2)c1-c1ccncc1)c1c(F)cc(F)cc1F. The smallest absolute Gasteiger partial charge is 0.257 e. The Balaban J connectivity index is 1.68. The van der Waals surface area contributed by atoms with E-state index in [1.54, 1.807) is 36.7 Å². The minimum Gasteiger partial charge on any atom is -0.346 e. The maximum absolute atomic E-state index is 13.9. The highest BCUT2D eigenvalue weighted by Crippen LogP contribution is 2.33. The number of benzene rings is 2. The van der Waals surface area contributed by atoms with Crippen LogP contribution in [0.1, 0.15) is 16.1 Å². The van der Waals surface area contributed by atoms with Gasteiger partial charge >= 0.3 is 0 Å². The quantitative estimate of drug-likeness (QED) is 0.458. The van der Waals surface area contributed by atoms with E-state index < -0.39 is 34.7 Å². The van der Waals surface area contributed by atoms with Crippen LogP contribution in [0.5, 0.6) is 0 Å². The van der Waals surface area contributed by atoms with Crippen molar-refractivity contribution in [1.82, 2.24) is 20.5 Å². The molecule has 0 bridgehead atoms. The van der Waals surface area contributed by atoms with Gasteiger partial charge in [-0.2, -0.15) is 5.10 Å². The molecule has 156 valence electrons. The third-order valence-electron chi connectivity index (χ3n) is 4.59. The minimum atomic E-state index is -1.30. The first-order chi connectivity index (χ1) is 14.9. The number of hydrogen-bond donors (Lipinski definition) is 2. The van der Waals surface area contributed by atoms with E-state index in [4.69, 9.17) is 0 Å². The molecule has 0 unspecified atom stereocenters. The van der Waals surface area contributed by atoms with E-state index in [9.17, 15) is 22.4 Å². The van der Waals surface area contributed by atoms with Crippen molar-refractivity contribution in [2.24, 2.45) is 0 Å². The summed E-state index contributed by atoms with van der Waals surface area (Å²) in [7, 11) is 0. The number of hydrogen-bond acceptors (Lipinski definition) is 3. The molecule has 1 amide bonds. The standard InChI is InChI=1S/C22H14F4N4O/c23-14-3-1-13(2-4-14)21-19(12-5-7-27-8-6-12)18(29-30-21)11-28-22(31)20-16(25)9-15(24)10-17(20)26/h1-10H,11H2,(H,28,31)(H,29,30). The Labute approximate surface area is 173 Å². The molecule has 0 aliphatic rings. The van der Waals surface area contributed by atoms with Crippen molar-refractivity contribution in [3.8, 4) is 22.4 Å². The molecule has 9 heteroatoms. The Morgan fingerprint density at radius 3 is 2.16 bits per heavy atom. The van der Waals surface area contributed by atoms with Crippen molar-refractivity contribution in [1.29, 1.82) is 0 Å². The largest absolute Gasteiger partial charge is 0.346 e. The van der Waals surface area contributed by atoms with Gasteiger partial charge in [-0.3, -0.25) is 14.9 Å². The number of nitrogens with one attached hydrogen (secondary N) is 2. The van der Waals surface area contributed by atoms with Crippen LogP contribution in [0.15, 0.2) is 60.9 Å². The fraction of sp³-hybridized carbons (Fsp3) is 0.0455. The number of amides is 1. The summed E-state index contributed by atoms with van der Waals surface area (Å²) in [5, 5.41) is 9.49. The average molecular weight is 426 g/mol. The van der Waals surface area contributed by atoms with Gasteiger partial charge in [0.1, 0.15) is 34.5 Å². The van der Waals surface area contributed by atoms with Crippen LogP contribution in [0.2, 0.25) is 0 Å². The molecule has 0 saturated carbocycles. The predicted molar refractivity (Wildman–Crippen MR) is 105 cm³/mol. The first-order valence-electron chi connectivity index (χ1n) is 9.10. The number of carbonyl (C=O) groups excluding carboxylic acids is 1. The number of H-pyrrole nitrogens is 1. The molecule has 5 nitrogen and oxygen atoms in total. The van der Waals surface area contributed by atoms with Crippen LogP contribution >= 0.6 is 0 Å². The fourth-order valence-electron chi connectivity index (χ4n) is 3.17. The molecular formula is C22H14F4N4O. The lowest BCUT2D eigenvalue weighted by Crippen LogP contribution is -2.25. The fourth-order valence-corrected chi connectivity index (χ4v) is 3.17. The summed E-state index contributed by atoms with van der Waals surface area (Å²) in [4.78, 5) is 16.3. The summed E-state index contributed by atoms with van der Waals surface area (Å²) >= 11 is 0. The number of carbonyl (C=O) groups is 1. The van der Waals surface area contributed by atoms with Crippen molar-refractivity contribution in [2.75, 3.05) is 0 Å². The Kier molecular flexibility index (Phi) is 5.48. The summed E-state index contributed by atoms with van der Waals surface area (Å²) in [5.41, 5.74) is 2.00. The van der Waals surface area contributed by atoms with Crippen LogP contribution in [0.3, 0.4) is 0 Å². The lowest BCUT2D eigenvalue weighted by atomic mass is 9.99. The van der Waals surface area contributed by atoms with E-state index in [0.717, 1.165) is 0 Å². The highest BCUT2D eigenvalue weighted by Gasteiger charge is 2.21. The number of nitrogens with zero attached hydrogens (tertiary/aromatic N) is 2. The molecule has 0 aliphatic carbocycles. The van der Waals surface area contributed by atoms with Crippen LogP contribution in [0.4, 0.5) is 17.6 Å². The zero-order chi connectivity index (χ0) is 22.0. The number of rotatable bonds is 5. The van der Waals surface area contributed by atoms with Crippen molar-refractivity contribution in [3.63, 3.8) is 0 Å². The van der Waals surface area contributed by atoms with Gasteiger partial charge in [0.2, 0.25) is 0 Å². The van der Waals surface area contributed by atoms with E-state index in [1.807, 2.05) is 0 Å². The maximum Gasteiger partial charge on any atom is 0.257 e. The van der Waals surface area contributed by atoms with Gasteiger partial charge in [-0.05, 0) is 42.0 Å². The second-order valence-corrected chi connectivity index (χ2v) is 6.60. The molecule has 0 radical (unpaired) electrons. The summed E-state index contributed by atoms with van der Waals surface area (Å²) in [6.45, 7) is -0.152. The summed E-state index contributed by atoms with van der Waals surface area (Å²) in [5.74, 6) is -5.18. The second-order valence-electron chi connectivity index (χ2n) is 6.60. The summed E-state index contributed by atoms with van der Waals surface area (Å²) in [6, 6.07) is 10.0. The summed E-state index contributed by atoms with van der Waals surface area (Å²) < 4.78 is 54.2. The van der Waals surface area contributed by atoms with Crippen molar-refractivity contribution in [3.05, 3.63) is 95.5 Å². The number of halogens is 4. The molecule has 0 spiro atoms. The van der Waals surface area contributed by atoms with Crippen LogP contribution in [-0.2, 0) is 6.54 Å². The normalized spacial score (nSPS) is 10.8. The van der Waals surface area contributed by atoms with E-state index in [-0.39, 0.29) is 6.54 Å². The van der Waals surface area contributed by atoms with Gasteiger partial charge in [-0.15, -0.1) is 0 Å². The molecule has 0 atom stereocenters. The van der Waals surface area contributed by atoms with Gasteiger partial charge < -0.3 is 5.32 Å². The third kappa shape index (κ3) is 4.16. The van der Waals surface area contributed by atoms with Gasteiger partial charge in [0, 0.05) is 35.7 Å². The lowest BCUT2D eigenvalue weighted by Gasteiger charge is -2.09. The Bertz CT molecular complexity index is 1220. The third-order valence-corrected chi connectivity index (χ3v) is 4.59. The molecule has 4 aromatic rings. The number of aromatic amines is 1. The topological polar surface area (TPSA) is 70.7 Å². The van der Waals surface area contributed by atoms with E-state index in [1.165, 1.54) is 12.1 Å². The van der Waals surface area contributed by atoms with Crippen LogP contribution < -0.4 is 5.32 Å². The van der Waals surface area contributed by atoms with Crippen molar-refractivity contribution < 1.29 is 22.4 Å². The highest BCUT2D eigenvalue weighted by atomic mass is 19.1. The molecular weight excluding hydrogens is 412 g/mol. The lowest BCUT2D eigenvalue weighted by molar-refractivity contribution is 0.0942. The Hall–Kier alpha value is -4.01. The first kappa shape index (κ1) is 20.3. The molecule has 0 saturated heterocycles. The van der Waals surface area contributed by atoms with E-state index in [0.29, 0.717) is 40.2 Å². The zero-order valence-corrected chi connectivity index (χ0v) is 15.8. The molecule has 2 aromatic carbocycles. The van der Waals surface area contributed by atoms with Crippen LogP contribution in [-0.4, -0.2) is 21.1 Å².